The lowest BCUT2D eigenvalue weighted by Gasteiger charge is -2.06. The Labute approximate surface area is 94.4 Å². The van der Waals surface area contributed by atoms with Gasteiger partial charge in [0.15, 0.2) is 0 Å². The zero-order valence-electron chi connectivity index (χ0n) is 8.34. The van der Waals surface area contributed by atoms with Crippen molar-refractivity contribution in [2.75, 3.05) is 5.73 Å². The average molecular weight is 238 g/mol. The molecule has 2 aromatic heterocycles. The van der Waals surface area contributed by atoms with Crippen LogP contribution in [-0.2, 0) is 13.0 Å². The lowest BCUT2D eigenvalue weighted by atomic mass is 10.4. The minimum absolute atomic E-state index is 0.172. The van der Waals surface area contributed by atoms with Gasteiger partial charge >= 0.3 is 5.69 Å². The van der Waals surface area contributed by atoms with Crippen molar-refractivity contribution in [1.82, 2.24) is 14.5 Å². The van der Waals surface area contributed by atoms with Crippen molar-refractivity contribution in [1.29, 1.82) is 0 Å². The highest BCUT2D eigenvalue weighted by Crippen LogP contribution is 2.06. The van der Waals surface area contributed by atoms with Gasteiger partial charge in [0.05, 0.1) is 5.01 Å². The summed E-state index contributed by atoms with van der Waals surface area (Å²) in [6, 6.07) is 1.20. The maximum atomic E-state index is 11.4. The van der Waals surface area contributed by atoms with Crippen molar-refractivity contribution in [3.63, 3.8) is 0 Å². The summed E-state index contributed by atoms with van der Waals surface area (Å²) >= 11 is 1.52. The van der Waals surface area contributed by atoms with E-state index >= 15 is 0 Å². The van der Waals surface area contributed by atoms with Crippen LogP contribution in [0.1, 0.15) is 5.01 Å². The SMILES string of the molecule is Nc1cc(=O)[nH]c(=O)n1CCc1nccs1. The van der Waals surface area contributed by atoms with Gasteiger partial charge in [-0.1, -0.05) is 0 Å². The molecule has 84 valence electrons. The molecule has 2 rings (SSSR count). The first-order valence-corrected chi connectivity index (χ1v) is 5.53. The molecular formula is C9H10N4O2S. The molecule has 0 aliphatic heterocycles. The first-order chi connectivity index (χ1) is 7.66. The molecule has 0 radical (unpaired) electrons. The molecule has 2 aromatic rings. The molecule has 0 aromatic carbocycles. The molecule has 0 spiro atoms. The van der Waals surface area contributed by atoms with Gasteiger partial charge in [0.25, 0.3) is 5.56 Å². The molecule has 0 aliphatic rings. The van der Waals surface area contributed by atoms with Gasteiger partial charge in [-0.15, -0.1) is 11.3 Å². The summed E-state index contributed by atoms with van der Waals surface area (Å²) in [5.74, 6) is 0.172. The largest absolute Gasteiger partial charge is 0.385 e. The monoisotopic (exact) mass is 238 g/mol. The van der Waals surface area contributed by atoms with E-state index in [1.807, 2.05) is 5.38 Å². The lowest BCUT2D eigenvalue weighted by Crippen LogP contribution is -2.31. The molecule has 0 atom stereocenters. The van der Waals surface area contributed by atoms with Gasteiger partial charge in [-0.2, -0.15) is 0 Å². The predicted molar refractivity (Wildman–Crippen MR) is 61.6 cm³/mol. The zero-order valence-corrected chi connectivity index (χ0v) is 9.16. The van der Waals surface area contributed by atoms with E-state index in [-0.39, 0.29) is 5.82 Å². The molecule has 0 aliphatic carbocycles. The van der Waals surface area contributed by atoms with Crippen LogP contribution in [0.25, 0.3) is 0 Å². The number of thiazole rings is 1. The first-order valence-electron chi connectivity index (χ1n) is 4.65. The number of nitrogens with zero attached hydrogens (tertiary/aromatic N) is 2. The second kappa shape index (κ2) is 4.31. The van der Waals surface area contributed by atoms with Gasteiger partial charge < -0.3 is 5.73 Å². The van der Waals surface area contributed by atoms with Crippen LogP contribution in [0.2, 0.25) is 0 Å². The number of nitrogens with one attached hydrogen (secondary N) is 1. The van der Waals surface area contributed by atoms with Crippen molar-refractivity contribution >= 4 is 17.2 Å². The molecule has 7 heteroatoms. The fraction of sp³-hybridized carbons (Fsp3) is 0.222. The fourth-order valence-electron chi connectivity index (χ4n) is 1.35. The second-order valence-corrected chi connectivity index (χ2v) is 4.17. The fourth-order valence-corrected chi connectivity index (χ4v) is 1.96. The van der Waals surface area contributed by atoms with Gasteiger partial charge in [-0.25, -0.2) is 9.78 Å². The molecule has 0 bridgehead atoms. The van der Waals surface area contributed by atoms with Crippen molar-refractivity contribution in [2.24, 2.45) is 0 Å². The maximum Gasteiger partial charge on any atom is 0.329 e. The molecular weight excluding hydrogens is 228 g/mol. The normalized spacial score (nSPS) is 10.5. The van der Waals surface area contributed by atoms with Gasteiger partial charge in [-0.05, 0) is 0 Å². The van der Waals surface area contributed by atoms with E-state index in [0.717, 1.165) is 5.01 Å². The molecule has 2 heterocycles. The van der Waals surface area contributed by atoms with Crippen molar-refractivity contribution < 1.29 is 0 Å². The van der Waals surface area contributed by atoms with Crippen molar-refractivity contribution in [2.45, 2.75) is 13.0 Å². The number of aryl methyl sites for hydroxylation is 1. The van der Waals surface area contributed by atoms with Crippen LogP contribution in [0.15, 0.2) is 27.2 Å². The Morgan fingerprint density at radius 3 is 2.94 bits per heavy atom. The minimum atomic E-state index is -0.485. The van der Waals surface area contributed by atoms with Gasteiger partial charge in [0.2, 0.25) is 0 Å². The standard InChI is InChI=1S/C9H10N4O2S/c10-6-5-7(14)12-9(15)13(6)3-1-8-11-2-4-16-8/h2,4-5H,1,3,10H2,(H,12,14,15). The van der Waals surface area contributed by atoms with E-state index in [0.29, 0.717) is 13.0 Å². The van der Waals surface area contributed by atoms with Gasteiger partial charge in [0.1, 0.15) is 5.82 Å². The summed E-state index contributed by atoms with van der Waals surface area (Å²) in [6.45, 7) is 0.412. The number of rotatable bonds is 3. The molecule has 0 unspecified atom stereocenters. The minimum Gasteiger partial charge on any atom is -0.385 e. The number of nitrogen functional groups attached to an aromatic ring is 1. The molecule has 0 amide bonds. The molecule has 3 N–H and O–H groups in total. The van der Waals surface area contributed by atoms with Gasteiger partial charge in [-0.3, -0.25) is 14.3 Å². The zero-order chi connectivity index (χ0) is 11.5. The van der Waals surface area contributed by atoms with Crippen LogP contribution >= 0.6 is 11.3 Å². The van der Waals surface area contributed by atoms with E-state index in [1.165, 1.54) is 22.0 Å². The highest BCUT2D eigenvalue weighted by atomic mass is 32.1. The van der Waals surface area contributed by atoms with E-state index in [2.05, 4.69) is 9.97 Å². The Bertz CT molecular complexity index is 584. The van der Waals surface area contributed by atoms with Crippen LogP contribution < -0.4 is 17.0 Å². The van der Waals surface area contributed by atoms with E-state index in [1.54, 1.807) is 6.20 Å². The third-order valence-electron chi connectivity index (χ3n) is 2.10. The topological polar surface area (TPSA) is 93.8 Å². The summed E-state index contributed by atoms with van der Waals surface area (Å²) in [6.07, 6.45) is 2.33. The summed E-state index contributed by atoms with van der Waals surface area (Å²) in [5, 5.41) is 2.80. The smallest absolute Gasteiger partial charge is 0.329 e. The Kier molecular flexibility index (Phi) is 2.86. The van der Waals surface area contributed by atoms with Crippen LogP contribution in [0.5, 0.6) is 0 Å². The van der Waals surface area contributed by atoms with E-state index in [9.17, 15) is 9.59 Å². The Balaban J connectivity index is 2.22. The number of aromatic nitrogens is 3. The molecule has 6 nitrogen and oxygen atoms in total. The summed E-state index contributed by atoms with van der Waals surface area (Å²) in [4.78, 5) is 28.6. The summed E-state index contributed by atoms with van der Waals surface area (Å²) in [7, 11) is 0. The maximum absolute atomic E-state index is 11.4. The van der Waals surface area contributed by atoms with Crippen molar-refractivity contribution in [3.05, 3.63) is 43.5 Å². The lowest BCUT2D eigenvalue weighted by molar-refractivity contribution is 0.653. The van der Waals surface area contributed by atoms with E-state index < -0.39 is 11.2 Å². The molecule has 0 fully saturated rings. The van der Waals surface area contributed by atoms with Crippen LogP contribution in [0.4, 0.5) is 5.82 Å². The third-order valence-corrected chi connectivity index (χ3v) is 2.94. The Hall–Kier alpha value is -1.89. The Morgan fingerprint density at radius 2 is 2.31 bits per heavy atom. The highest BCUT2D eigenvalue weighted by molar-refractivity contribution is 7.09. The summed E-state index contributed by atoms with van der Waals surface area (Å²) in [5.41, 5.74) is 4.62. The highest BCUT2D eigenvalue weighted by Gasteiger charge is 2.03. The van der Waals surface area contributed by atoms with Crippen LogP contribution in [0.3, 0.4) is 0 Å². The average Bonchev–Trinajstić information content (AvgIpc) is 2.68. The Morgan fingerprint density at radius 1 is 1.50 bits per heavy atom. The van der Waals surface area contributed by atoms with Gasteiger partial charge in [0, 0.05) is 30.6 Å². The van der Waals surface area contributed by atoms with E-state index in [4.69, 9.17) is 5.73 Å². The van der Waals surface area contributed by atoms with Crippen molar-refractivity contribution in [3.8, 4) is 0 Å². The number of hydrogen-bond acceptors (Lipinski definition) is 5. The number of H-pyrrole nitrogens is 1. The number of hydrogen-bond donors (Lipinski definition) is 2. The quantitative estimate of drug-likeness (QED) is 0.775. The third kappa shape index (κ3) is 2.19. The summed E-state index contributed by atoms with van der Waals surface area (Å²) < 4.78 is 1.32. The number of aromatic amines is 1. The van der Waals surface area contributed by atoms with Crippen LogP contribution in [-0.4, -0.2) is 14.5 Å². The second-order valence-electron chi connectivity index (χ2n) is 3.19. The molecule has 0 saturated carbocycles. The molecule has 0 saturated heterocycles. The predicted octanol–water partition coefficient (Wildman–Crippen LogP) is -0.182. The number of anilines is 1. The molecule has 16 heavy (non-hydrogen) atoms. The number of nitrogens with two attached hydrogens (primary N) is 1. The van der Waals surface area contributed by atoms with Crippen LogP contribution in [0, 0.1) is 0 Å². The first kappa shape index (κ1) is 10.6.